The fraction of sp³-hybridized carbons (Fsp3) is 0.158. The highest BCUT2D eigenvalue weighted by Gasteiger charge is 2.17. The molecule has 0 spiro atoms. The number of benzene rings is 2. The van der Waals surface area contributed by atoms with Crippen molar-refractivity contribution >= 4 is 35.2 Å². The first kappa shape index (κ1) is 18.6. The normalized spacial score (nSPS) is 12.1. The molecule has 0 bridgehead atoms. The van der Waals surface area contributed by atoms with E-state index in [9.17, 15) is 9.59 Å². The van der Waals surface area contributed by atoms with Crippen LogP contribution in [0.15, 0.2) is 42.5 Å². The molecule has 0 fully saturated rings. The van der Waals surface area contributed by atoms with Crippen LogP contribution in [0.1, 0.15) is 5.56 Å². The van der Waals surface area contributed by atoms with Crippen molar-refractivity contribution in [3.05, 3.63) is 53.1 Å². The molecular formula is C19H16ClNO6. The Morgan fingerprint density at radius 1 is 1.26 bits per heavy atom. The number of hydrogen-bond acceptors (Lipinski definition) is 6. The van der Waals surface area contributed by atoms with Crippen LogP contribution in [-0.2, 0) is 14.3 Å². The first-order chi connectivity index (χ1) is 13.1. The summed E-state index contributed by atoms with van der Waals surface area (Å²) in [5.41, 5.74) is 1.13. The molecule has 0 atom stereocenters. The van der Waals surface area contributed by atoms with Gasteiger partial charge in [0.05, 0.1) is 17.8 Å². The molecule has 1 amide bonds. The third-order valence-corrected chi connectivity index (χ3v) is 3.87. The van der Waals surface area contributed by atoms with Crippen molar-refractivity contribution in [1.29, 1.82) is 0 Å². The van der Waals surface area contributed by atoms with Gasteiger partial charge in [-0.25, -0.2) is 4.79 Å². The Bertz CT molecular complexity index is 896. The van der Waals surface area contributed by atoms with Gasteiger partial charge in [0.15, 0.2) is 18.1 Å². The van der Waals surface area contributed by atoms with E-state index in [4.69, 9.17) is 30.5 Å². The van der Waals surface area contributed by atoms with Crippen molar-refractivity contribution in [3.63, 3.8) is 0 Å². The lowest BCUT2D eigenvalue weighted by molar-refractivity contribution is -0.142. The molecule has 1 N–H and O–H groups in total. The maximum atomic E-state index is 11.9. The van der Waals surface area contributed by atoms with Gasteiger partial charge in [-0.05, 0) is 35.9 Å². The molecule has 0 radical (unpaired) electrons. The lowest BCUT2D eigenvalue weighted by atomic mass is 10.2. The molecule has 27 heavy (non-hydrogen) atoms. The van der Waals surface area contributed by atoms with Gasteiger partial charge in [0.25, 0.3) is 5.91 Å². The molecule has 1 aliphatic heterocycles. The lowest BCUT2D eigenvalue weighted by Crippen LogP contribution is -2.20. The highest BCUT2D eigenvalue weighted by Crippen LogP contribution is 2.40. The Kier molecular flexibility index (Phi) is 5.83. The molecule has 8 heteroatoms. The van der Waals surface area contributed by atoms with E-state index >= 15 is 0 Å². The average Bonchev–Trinajstić information content (AvgIpc) is 3.14. The van der Waals surface area contributed by atoms with E-state index in [1.165, 1.54) is 19.3 Å². The number of nitrogens with one attached hydrogen (secondary N) is 1. The topological polar surface area (TPSA) is 83.1 Å². The minimum Gasteiger partial charge on any atom is -0.495 e. The van der Waals surface area contributed by atoms with Crippen LogP contribution in [0.2, 0.25) is 5.02 Å². The predicted octanol–water partition coefficient (Wildman–Crippen LogP) is 3.27. The van der Waals surface area contributed by atoms with Gasteiger partial charge in [-0.3, -0.25) is 4.79 Å². The first-order valence-corrected chi connectivity index (χ1v) is 8.31. The Balaban J connectivity index is 1.53. The molecule has 2 aromatic rings. The van der Waals surface area contributed by atoms with E-state index in [-0.39, 0.29) is 6.79 Å². The number of fused-ring (bicyclic) bond motifs is 1. The van der Waals surface area contributed by atoms with E-state index < -0.39 is 18.5 Å². The van der Waals surface area contributed by atoms with Gasteiger partial charge in [0.1, 0.15) is 5.75 Å². The van der Waals surface area contributed by atoms with Crippen LogP contribution in [0, 0.1) is 0 Å². The van der Waals surface area contributed by atoms with Crippen molar-refractivity contribution in [3.8, 4) is 17.2 Å². The molecule has 1 heterocycles. The number of esters is 1. The quantitative estimate of drug-likeness (QED) is 0.603. The second-order valence-electron chi connectivity index (χ2n) is 5.43. The minimum absolute atomic E-state index is 0.103. The van der Waals surface area contributed by atoms with Crippen molar-refractivity contribution in [1.82, 2.24) is 0 Å². The van der Waals surface area contributed by atoms with E-state index in [0.29, 0.717) is 33.5 Å². The maximum Gasteiger partial charge on any atom is 0.331 e. The lowest BCUT2D eigenvalue weighted by Gasteiger charge is -2.09. The number of carbonyl (C=O) groups is 2. The Labute approximate surface area is 160 Å². The monoisotopic (exact) mass is 389 g/mol. The molecule has 140 valence electrons. The molecule has 0 unspecified atom stereocenters. The SMILES string of the molecule is COc1ccccc1NC(=O)COC(=O)/C=C/c1cc(Cl)c2c(c1)OCO2. The Morgan fingerprint density at radius 2 is 2.07 bits per heavy atom. The van der Waals surface area contributed by atoms with Crippen LogP contribution < -0.4 is 19.5 Å². The van der Waals surface area contributed by atoms with Crippen LogP contribution in [-0.4, -0.2) is 32.4 Å². The summed E-state index contributed by atoms with van der Waals surface area (Å²) in [6.45, 7) is -0.325. The molecule has 7 nitrogen and oxygen atoms in total. The number of rotatable bonds is 6. The number of para-hydroxylation sites is 2. The van der Waals surface area contributed by atoms with E-state index in [2.05, 4.69) is 5.32 Å². The second kappa shape index (κ2) is 8.46. The molecule has 3 rings (SSSR count). The summed E-state index contributed by atoms with van der Waals surface area (Å²) in [6, 6.07) is 10.2. The number of hydrogen-bond donors (Lipinski definition) is 1. The molecule has 1 aliphatic rings. The Hall–Kier alpha value is -3.19. The number of carbonyl (C=O) groups excluding carboxylic acids is 2. The summed E-state index contributed by atoms with van der Waals surface area (Å²) in [4.78, 5) is 23.7. The smallest absolute Gasteiger partial charge is 0.331 e. The number of methoxy groups -OCH3 is 1. The predicted molar refractivity (Wildman–Crippen MR) is 99.2 cm³/mol. The van der Waals surface area contributed by atoms with Crippen LogP contribution in [0.4, 0.5) is 5.69 Å². The fourth-order valence-corrected chi connectivity index (χ4v) is 2.64. The van der Waals surface area contributed by atoms with Gasteiger partial charge in [-0.15, -0.1) is 0 Å². The molecule has 0 saturated heterocycles. The standard InChI is InChI=1S/C19H16ClNO6/c1-24-15-5-3-2-4-14(15)21-17(22)10-25-18(23)7-6-12-8-13(20)19-16(9-12)26-11-27-19/h2-9H,10-11H2,1H3,(H,21,22)/b7-6+. The van der Waals surface area contributed by atoms with Crippen LogP contribution in [0.25, 0.3) is 6.08 Å². The molecule has 2 aromatic carbocycles. The maximum absolute atomic E-state index is 11.9. The largest absolute Gasteiger partial charge is 0.495 e. The number of anilines is 1. The second-order valence-corrected chi connectivity index (χ2v) is 5.83. The van der Waals surface area contributed by atoms with Gasteiger partial charge in [0.2, 0.25) is 6.79 Å². The van der Waals surface area contributed by atoms with Gasteiger partial charge >= 0.3 is 5.97 Å². The van der Waals surface area contributed by atoms with Crippen LogP contribution in [0.3, 0.4) is 0 Å². The summed E-state index contributed by atoms with van der Waals surface area (Å²) in [6.07, 6.45) is 2.71. The summed E-state index contributed by atoms with van der Waals surface area (Å²) >= 11 is 6.08. The number of halogens is 1. The van der Waals surface area contributed by atoms with E-state index in [1.54, 1.807) is 36.4 Å². The highest BCUT2D eigenvalue weighted by molar-refractivity contribution is 6.32. The van der Waals surface area contributed by atoms with Crippen molar-refractivity contribution in [2.75, 3.05) is 25.8 Å². The zero-order valence-corrected chi connectivity index (χ0v) is 15.1. The average molecular weight is 390 g/mol. The minimum atomic E-state index is -0.668. The van der Waals surface area contributed by atoms with Crippen LogP contribution >= 0.6 is 11.6 Å². The summed E-state index contributed by atoms with van der Waals surface area (Å²) in [5, 5.41) is 3.00. The third-order valence-electron chi connectivity index (χ3n) is 3.59. The third kappa shape index (κ3) is 4.71. The fourth-order valence-electron chi connectivity index (χ4n) is 2.37. The van der Waals surface area contributed by atoms with Gasteiger partial charge < -0.3 is 24.3 Å². The van der Waals surface area contributed by atoms with Gasteiger partial charge in [0, 0.05) is 6.08 Å². The van der Waals surface area contributed by atoms with E-state index in [0.717, 1.165) is 0 Å². The number of amides is 1. The van der Waals surface area contributed by atoms with Crippen molar-refractivity contribution in [2.24, 2.45) is 0 Å². The van der Waals surface area contributed by atoms with Crippen molar-refractivity contribution < 1.29 is 28.5 Å². The van der Waals surface area contributed by atoms with Gasteiger partial charge in [-0.2, -0.15) is 0 Å². The summed E-state index contributed by atoms with van der Waals surface area (Å²) in [5.74, 6) is 0.346. The van der Waals surface area contributed by atoms with Crippen LogP contribution in [0.5, 0.6) is 17.2 Å². The number of ether oxygens (including phenoxy) is 4. The molecule has 0 aliphatic carbocycles. The Morgan fingerprint density at radius 3 is 2.89 bits per heavy atom. The van der Waals surface area contributed by atoms with E-state index in [1.807, 2.05) is 0 Å². The zero-order valence-electron chi connectivity index (χ0n) is 14.4. The van der Waals surface area contributed by atoms with Crippen molar-refractivity contribution in [2.45, 2.75) is 0 Å². The molecule has 0 saturated carbocycles. The highest BCUT2D eigenvalue weighted by atomic mass is 35.5. The first-order valence-electron chi connectivity index (χ1n) is 7.93. The summed E-state index contributed by atoms with van der Waals surface area (Å²) < 4.78 is 20.5. The molecular weight excluding hydrogens is 374 g/mol. The molecule has 0 aromatic heterocycles. The summed E-state index contributed by atoms with van der Waals surface area (Å²) in [7, 11) is 1.50. The van der Waals surface area contributed by atoms with Gasteiger partial charge in [-0.1, -0.05) is 23.7 Å². The zero-order chi connectivity index (χ0) is 19.2.